The number of aromatic nitrogens is 2. The number of pyridine rings is 1. The Labute approximate surface area is 223 Å². The predicted octanol–water partition coefficient (Wildman–Crippen LogP) is 7.51. The highest BCUT2D eigenvalue weighted by Crippen LogP contribution is 2.46. The molecule has 9 heteroatoms. The zero-order valence-corrected chi connectivity index (χ0v) is 21.6. The van der Waals surface area contributed by atoms with E-state index in [2.05, 4.69) is 17.3 Å². The minimum absolute atomic E-state index is 0.0273. The third-order valence-electron chi connectivity index (χ3n) is 7.06. The van der Waals surface area contributed by atoms with E-state index in [0.29, 0.717) is 40.4 Å². The Morgan fingerprint density at radius 1 is 1.16 bits per heavy atom. The molecular weight excluding hydrogens is 506 g/mol. The molecule has 1 amide bonds. The monoisotopic (exact) mass is 529 g/mol. The minimum Gasteiger partial charge on any atom is -0.473 e. The Hall–Kier alpha value is -4.04. The van der Waals surface area contributed by atoms with Crippen molar-refractivity contribution in [2.24, 2.45) is 5.18 Å². The van der Waals surface area contributed by atoms with Gasteiger partial charge in [0.15, 0.2) is 0 Å². The summed E-state index contributed by atoms with van der Waals surface area (Å²) in [5.41, 5.74) is 5.30. The Bertz CT molecular complexity index is 1560. The normalized spacial score (nSPS) is 16.1. The second-order valence-corrected chi connectivity index (χ2v) is 10.2. The number of benzene rings is 2. The Balaban J connectivity index is 1.29. The lowest BCUT2D eigenvalue weighted by molar-refractivity contribution is 0.100. The van der Waals surface area contributed by atoms with Gasteiger partial charge in [-0.3, -0.25) is 4.79 Å². The molecule has 6 rings (SSSR count). The molecule has 2 aliphatic rings. The van der Waals surface area contributed by atoms with Gasteiger partial charge in [0.2, 0.25) is 5.88 Å². The van der Waals surface area contributed by atoms with E-state index in [0.717, 1.165) is 46.5 Å². The van der Waals surface area contributed by atoms with Gasteiger partial charge in [-0.2, -0.15) is 0 Å². The Morgan fingerprint density at radius 3 is 2.76 bits per heavy atom. The number of nitrogens with zero attached hydrogens (tertiary/aromatic N) is 3. The van der Waals surface area contributed by atoms with E-state index in [9.17, 15) is 9.70 Å². The molecule has 0 N–H and O–H groups in total. The molecule has 0 spiro atoms. The van der Waals surface area contributed by atoms with Crippen molar-refractivity contribution < 1.29 is 18.8 Å². The fourth-order valence-corrected chi connectivity index (χ4v) is 5.23. The maximum atomic E-state index is 11.7. The fourth-order valence-electron chi connectivity index (χ4n) is 4.91. The second-order valence-electron chi connectivity index (χ2n) is 9.83. The number of hydrogen-bond donors (Lipinski definition) is 0. The van der Waals surface area contributed by atoms with E-state index in [4.69, 9.17) is 30.6 Å². The smallest absolute Gasteiger partial charge is 0.316 e. The van der Waals surface area contributed by atoms with Gasteiger partial charge in [-0.25, -0.2) is 4.98 Å². The molecule has 1 fully saturated rings. The lowest BCUT2D eigenvalue weighted by Gasteiger charge is -2.14. The van der Waals surface area contributed by atoms with Gasteiger partial charge < -0.3 is 14.0 Å². The summed E-state index contributed by atoms with van der Waals surface area (Å²) < 4.78 is 18.1. The van der Waals surface area contributed by atoms with Gasteiger partial charge in [0.05, 0.1) is 16.3 Å². The fraction of sp³-hybridized carbons (Fsp3) is 0.276. The molecule has 1 aliphatic heterocycles. The average molecular weight is 530 g/mol. The number of amides is 1. The summed E-state index contributed by atoms with van der Waals surface area (Å²) >= 11 is 6.55. The number of ether oxygens (including phenoxy) is 2. The van der Waals surface area contributed by atoms with Crippen molar-refractivity contribution >= 4 is 17.5 Å². The standard InChI is InChI=1S/C29H24ClN3O5/c1-15-4-3-5-21(30)25(15)27-20(28(38-33-27)17-6-7-17)14-36-24-11-10-22-26(31-24)16(2)12-18-8-9-19(29(34)32-35)13-23(18)37-22/h3-5,8-11,13,16-17H,6-7,12,14H2,1-2H3. The molecule has 3 heterocycles. The lowest BCUT2D eigenvalue weighted by atomic mass is 9.97. The summed E-state index contributed by atoms with van der Waals surface area (Å²) in [7, 11) is 0. The highest BCUT2D eigenvalue weighted by atomic mass is 35.5. The second kappa shape index (κ2) is 9.68. The van der Waals surface area contributed by atoms with Crippen LogP contribution in [0.5, 0.6) is 17.4 Å². The van der Waals surface area contributed by atoms with Gasteiger partial charge in [-0.05, 0) is 61.6 Å². The topological polar surface area (TPSA) is 104 Å². The van der Waals surface area contributed by atoms with E-state index in [1.54, 1.807) is 24.3 Å². The van der Waals surface area contributed by atoms with E-state index in [1.165, 1.54) is 0 Å². The van der Waals surface area contributed by atoms with Crippen molar-refractivity contribution in [3.8, 4) is 28.6 Å². The largest absolute Gasteiger partial charge is 0.473 e. The first-order chi connectivity index (χ1) is 18.4. The van der Waals surface area contributed by atoms with Crippen molar-refractivity contribution in [1.82, 2.24) is 10.1 Å². The van der Waals surface area contributed by atoms with Crippen LogP contribution in [0.15, 0.2) is 58.2 Å². The quantitative estimate of drug-likeness (QED) is 0.238. The summed E-state index contributed by atoms with van der Waals surface area (Å²) in [5, 5.41) is 7.52. The van der Waals surface area contributed by atoms with E-state index < -0.39 is 5.91 Å². The third kappa shape index (κ3) is 4.45. The molecule has 0 radical (unpaired) electrons. The maximum absolute atomic E-state index is 11.7. The summed E-state index contributed by atoms with van der Waals surface area (Å²) in [6.45, 7) is 4.30. The molecule has 2 aromatic heterocycles. The molecule has 0 saturated heterocycles. The zero-order chi connectivity index (χ0) is 26.4. The lowest BCUT2D eigenvalue weighted by Crippen LogP contribution is -2.05. The summed E-state index contributed by atoms with van der Waals surface area (Å²) in [5.74, 6) is 1.92. The van der Waals surface area contributed by atoms with Crippen LogP contribution in [0.1, 0.15) is 70.1 Å². The van der Waals surface area contributed by atoms with Crippen molar-refractivity contribution in [3.05, 3.63) is 92.2 Å². The summed E-state index contributed by atoms with van der Waals surface area (Å²) in [6.07, 6.45) is 2.77. The molecule has 1 atom stereocenters. The van der Waals surface area contributed by atoms with Crippen LogP contribution < -0.4 is 9.47 Å². The Kier molecular flexibility index (Phi) is 6.19. The summed E-state index contributed by atoms with van der Waals surface area (Å²) in [4.78, 5) is 27.2. The number of hydrogen-bond acceptors (Lipinski definition) is 7. The molecule has 1 saturated carbocycles. The molecule has 8 nitrogen and oxygen atoms in total. The first kappa shape index (κ1) is 24.3. The van der Waals surface area contributed by atoms with Gasteiger partial charge in [-0.1, -0.05) is 41.9 Å². The SMILES string of the molecule is Cc1cccc(Cl)c1-c1noc(C2CC2)c1COc1ccc2c(n1)C(C)Cc1ccc(C(=O)N=O)cc1O2. The van der Waals surface area contributed by atoms with Crippen LogP contribution in [0.25, 0.3) is 11.3 Å². The van der Waals surface area contributed by atoms with Crippen molar-refractivity contribution in [2.75, 3.05) is 0 Å². The molecule has 1 unspecified atom stereocenters. The highest BCUT2D eigenvalue weighted by molar-refractivity contribution is 6.33. The molecular formula is C29H24ClN3O5. The number of nitroso groups, excluding NO2 is 1. The molecule has 1 aliphatic carbocycles. The number of halogens is 1. The van der Waals surface area contributed by atoms with Gasteiger partial charge in [0.1, 0.15) is 29.6 Å². The third-order valence-corrected chi connectivity index (χ3v) is 7.38. The zero-order valence-electron chi connectivity index (χ0n) is 20.9. The predicted molar refractivity (Wildman–Crippen MR) is 141 cm³/mol. The van der Waals surface area contributed by atoms with Crippen LogP contribution in [0, 0.1) is 11.8 Å². The number of aryl methyl sites for hydroxylation is 1. The van der Waals surface area contributed by atoms with Crippen LogP contribution in [0.3, 0.4) is 0 Å². The average Bonchev–Trinajstić information content (AvgIpc) is 3.70. The number of carbonyl (C=O) groups excluding carboxylic acids is 1. The summed E-state index contributed by atoms with van der Waals surface area (Å²) in [6, 6.07) is 14.3. The van der Waals surface area contributed by atoms with Crippen LogP contribution in [-0.4, -0.2) is 16.0 Å². The van der Waals surface area contributed by atoms with Crippen LogP contribution >= 0.6 is 11.6 Å². The first-order valence-electron chi connectivity index (χ1n) is 12.5. The number of fused-ring (bicyclic) bond motifs is 2. The van der Waals surface area contributed by atoms with Gasteiger partial charge in [0, 0.05) is 34.2 Å². The minimum atomic E-state index is -0.832. The van der Waals surface area contributed by atoms with Crippen molar-refractivity contribution in [3.63, 3.8) is 0 Å². The van der Waals surface area contributed by atoms with E-state index in [1.807, 2.05) is 31.2 Å². The molecule has 2 aromatic carbocycles. The maximum Gasteiger partial charge on any atom is 0.316 e. The van der Waals surface area contributed by atoms with Crippen molar-refractivity contribution in [2.45, 2.75) is 51.6 Å². The molecule has 192 valence electrons. The number of carbonyl (C=O) groups is 1. The molecule has 4 aromatic rings. The van der Waals surface area contributed by atoms with Crippen LogP contribution in [-0.2, 0) is 13.0 Å². The van der Waals surface area contributed by atoms with Crippen molar-refractivity contribution in [1.29, 1.82) is 0 Å². The first-order valence-corrected chi connectivity index (χ1v) is 12.9. The molecule has 38 heavy (non-hydrogen) atoms. The molecule has 0 bridgehead atoms. The van der Waals surface area contributed by atoms with Crippen LogP contribution in [0.2, 0.25) is 5.02 Å². The van der Waals surface area contributed by atoms with E-state index >= 15 is 0 Å². The highest BCUT2D eigenvalue weighted by Gasteiger charge is 2.34. The van der Waals surface area contributed by atoms with Gasteiger partial charge in [-0.15, -0.1) is 4.91 Å². The van der Waals surface area contributed by atoms with E-state index in [-0.39, 0.29) is 18.1 Å². The van der Waals surface area contributed by atoms with Crippen LogP contribution in [0.4, 0.5) is 0 Å². The Morgan fingerprint density at radius 2 is 2.00 bits per heavy atom. The number of rotatable bonds is 6. The van der Waals surface area contributed by atoms with Gasteiger partial charge >= 0.3 is 5.91 Å². The van der Waals surface area contributed by atoms with Gasteiger partial charge in [0.25, 0.3) is 0 Å².